The number of benzene rings is 1. The summed E-state index contributed by atoms with van der Waals surface area (Å²) in [4.78, 5) is 15.8. The molecule has 0 aliphatic heterocycles. The molecule has 0 saturated heterocycles. The molecule has 0 fully saturated rings. The smallest absolute Gasteiger partial charge is 0.292 e. The van der Waals surface area contributed by atoms with Gasteiger partial charge in [-0.2, -0.15) is 0 Å². The molecule has 0 atom stereocenters. The third-order valence-electron chi connectivity index (χ3n) is 2.49. The van der Waals surface area contributed by atoms with Gasteiger partial charge in [0, 0.05) is 12.3 Å². The molecule has 0 aliphatic rings. The number of anilines is 1. The van der Waals surface area contributed by atoms with Crippen LogP contribution in [0.4, 0.5) is 14.5 Å². The molecular formula is C13H10F2N4OS. The van der Waals surface area contributed by atoms with Gasteiger partial charge < -0.3 is 5.32 Å². The van der Waals surface area contributed by atoms with Crippen LogP contribution in [0.15, 0.2) is 42.6 Å². The van der Waals surface area contributed by atoms with Crippen LogP contribution in [0.5, 0.6) is 0 Å². The van der Waals surface area contributed by atoms with E-state index >= 15 is 0 Å². The predicted octanol–water partition coefficient (Wildman–Crippen LogP) is 2.07. The van der Waals surface area contributed by atoms with Gasteiger partial charge in [0.25, 0.3) is 5.91 Å². The molecule has 0 aliphatic carbocycles. The van der Waals surface area contributed by atoms with Crippen LogP contribution in [0, 0.1) is 11.6 Å². The van der Waals surface area contributed by atoms with Crippen molar-refractivity contribution in [2.75, 3.05) is 5.32 Å². The topological polar surface area (TPSA) is 71.2 Å². The van der Waals surface area contributed by atoms with Crippen LogP contribution >= 0.6 is 12.2 Å². The molecule has 8 heteroatoms. The summed E-state index contributed by atoms with van der Waals surface area (Å²) < 4.78 is 26.3. The summed E-state index contributed by atoms with van der Waals surface area (Å²) in [7, 11) is 0. The van der Waals surface area contributed by atoms with Crippen molar-refractivity contribution >= 4 is 28.9 Å². The summed E-state index contributed by atoms with van der Waals surface area (Å²) in [6, 6.07) is 7.60. The SMILES string of the molecule is NN(C(=O)c1ccccn1)C(=S)Nc1ccc(F)cc1F. The van der Waals surface area contributed by atoms with E-state index in [1.54, 1.807) is 12.1 Å². The van der Waals surface area contributed by atoms with Gasteiger partial charge in [-0.15, -0.1) is 0 Å². The van der Waals surface area contributed by atoms with Crippen molar-refractivity contribution in [2.24, 2.45) is 5.84 Å². The largest absolute Gasteiger partial charge is 0.329 e. The zero-order valence-electron chi connectivity index (χ0n) is 10.6. The van der Waals surface area contributed by atoms with Crippen molar-refractivity contribution in [1.29, 1.82) is 0 Å². The average Bonchev–Trinajstić information content (AvgIpc) is 2.49. The van der Waals surface area contributed by atoms with E-state index in [9.17, 15) is 13.6 Å². The lowest BCUT2D eigenvalue weighted by Gasteiger charge is -2.18. The van der Waals surface area contributed by atoms with E-state index < -0.39 is 17.5 Å². The van der Waals surface area contributed by atoms with Crippen LogP contribution < -0.4 is 11.2 Å². The molecule has 21 heavy (non-hydrogen) atoms. The Balaban J connectivity index is 2.11. The number of hydrogen-bond donors (Lipinski definition) is 2. The van der Waals surface area contributed by atoms with Crippen LogP contribution in [0.2, 0.25) is 0 Å². The van der Waals surface area contributed by atoms with Crippen molar-refractivity contribution in [3.8, 4) is 0 Å². The highest BCUT2D eigenvalue weighted by atomic mass is 32.1. The highest BCUT2D eigenvalue weighted by Gasteiger charge is 2.18. The Hall–Kier alpha value is -2.45. The molecule has 108 valence electrons. The standard InChI is InChI=1S/C13H10F2N4OS/c14-8-4-5-10(9(15)7-8)18-13(21)19(16)12(20)11-3-1-2-6-17-11/h1-7H,16H2,(H,18,21). The Morgan fingerprint density at radius 1 is 1.29 bits per heavy atom. The van der Waals surface area contributed by atoms with Crippen LogP contribution in [0.1, 0.15) is 10.5 Å². The van der Waals surface area contributed by atoms with E-state index in [-0.39, 0.29) is 16.5 Å². The Morgan fingerprint density at radius 2 is 2.05 bits per heavy atom. The summed E-state index contributed by atoms with van der Waals surface area (Å²) in [6.45, 7) is 0. The maximum atomic E-state index is 13.5. The number of nitrogens with one attached hydrogen (secondary N) is 1. The zero-order valence-corrected chi connectivity index (χ0v) is 11.4. The van der Waals surface area contributed by atoms with E-state index in [0.717, 1.165) is 12.1 Å². The summed E-state index contributed by atoms with van der Waals surface area (Å²) in [5, 5.41) is 2.82. The van der Waals surface area contributed by atoms with Gasteiger partial charge in [0.15, 0.2) is 5.11 Å². The summed E-state index contributed by atoms with van der Waals surface area (Å²) in [6.07, 6.45) is 1.43. The second-order valence-corrected chi connectivity index (χ2v) is 4.33. The second kappa shape index (κ2) is 6.33. The number of nitrogens with two attached hydrogens (primary N) is 1. The highest BCUT2D eigenvalue weighted by molar-refractivity contribution is 7.80. The normalized spacial score (nSPS) is 10.0. The quantitative estimate of drug-likeness (QED) is 0.385. The minimum atomic E-state index is -0.851. The van der Waals surface area contributed by atoms with Crippen LogP contribution in [-0.4, -0.2) is 21.0 Å². The molecule has 3 N–H and O–H groups in total. The van der Waals surface area contributed by atoms with Gasteiger partial charge in [0.1, 0.15) is 17.3 Å². The maximum Gasteiger partial charge on any atom is 0.292 e. The number of rotatable bonds is 2. The molecule has 1 heterocycles. The molecule has 1 aromatic heterocycles. The summed E-state index contributed by atoms with van der Waals surface area (Å²) in [5.41, 5.74) is -0.00519. The molecule has 0 spiro atoms. The van der Waals surface area contributed by atoms with Crippen molar-refractivity contribution in [2.45, 2.75) is 0 Å². The Kier molecular flexibility index (Phi) is 4.51. The monoisotopic (exact) mass is 308 g/mol. The first-order chi connectivity index (χ1) is 9.99. The number of carbonyl (C=O) groups is 1. The summed E-state index contributed by atoms with van der Waals surface area (Å²) >= 11 is 4.91. The fraction of sp³-hybridized carbons (Fsp3) is 0. The third-order valence-corrected chi connectivity index (χ3v) is 2.79. The van der Waals surface area contributed by atoms with Crippen molar-refractivity contribution < 1.29 is 13.6 Å². The Labute approximate surface area is 124 Å². The summed E-state index contributed by atoms with van der Waals surface area (Å²) in [5.74, 6) is 3.33. The molecule has 1 amide bonds. The number of aromatic nitrogens is 1. The number of amides is 1. The van der Waals surface area contributed by atoms with Gasteiger partial charge in [0.05, 0.1) is 5.69 Å². The third kappa shape index (κ3) is 3.56. The average molecular weight is 308 g/mol. The number of hydrazine groups is 1. The van der Waals surface area contributed by atoms with Crippen LogP contribution in [0.3, 0.4) is 0 Å². The lowest BCUT2D eigenvalue weighted by Crippen LogP contribution is -2.45. The molecule has 2 rings (SSSR count). The molecule has 5 nitrogen and oxygen atoms in total. The first-order valence-electron chi connectivity index (χ1n) is 5.75. The van der Waals surface area contributed by atoms with Gasteiger partial charge in [0.2, 0.25) is 0 Å². The molecule has 2 aromatic rings. The van der Waals surface area contributed by atoms with Gasteiger partial charge in [-0.3, -0.25) is 9.78 Å². The van der Waals surface area contributed by atoms with E-state index in [0.29, 0.717) is 11.1 Å². The lowest BCUT2D eigenvalue weighted by molar-refractivity contribution is 0.0844. The molecular weight excluding hydrogens is 298 g/mol. The minimum Gasteiger partial charge on any atom is -0.329 e. The Bertz CT molecular complexity index is 681. The van der Waals surface area contributed by atoms with Crippen molar-refractivity contribution in [1.82, 2.24) is 9.99 Å². The molecule has 0 unspecified atom stereocenters. The lowest BCUT2D eigenvalue weighted by atomic mass is 10.3. The van der Waals surface area contributed by atoms with Gasteiger partial charge in [-0.1, -0.05) is 6.07 Å². The van der Waals surface area contributed by atoms with Crippen LogP contribution in [0.25, 0.3) is 0 Å². The van der Waals surface area contributed by atoms with Crippen molar-refractivity contribution in [3.05, 3.63) is 59.9 Å². The van der Waals surface area contributed by atoms with Crippen LogP contribution in [-0.2, 0) is 0 Å². The Morgan fingerprint density at radius 3 is 2.67 bits per heavy atom. The number of halogens is 2. The first-order valence-corrected chi connectivity index (χ1v) is 6.16. The number of carbonyl (C=O) groups excluding carboxylic acids is 1. The predicted molar refractivity (Wildman–Crippen MR) is 77.2 cm³/mol. The number of nitrogens with zero attached hydrogens (tertiary/aromatic N) is 2. The minimum absolute atomic E-state index is 0.0868. The molecule has 0 saturated carbocycles. The number of pyridine rings is 1. The molecule has 1 aromatic carbocycles. The zero-order chi connectivity index (χ0) is 15.4. The van der Waals surface area contributed by atoms with Crippen molar-refractivity contribution in [3.63, 3.8) is 0 Å². The van der Waals surface area contributed by atoms with Gasteiger partial charge in [-0.05, 0) is 36.5 Å². The molecule has 0 radical (unpaired) electrons. The second-order valence-electron chi connectivity index (χ2n) is 3.94. The van der Waals surface area contributed by atoms with E-state index in [4.69, 9.17) is 18.1 Å². The van der Waals surface area contributed by atoms with E-state index in [2.05, 4.69) is 10.3 Å². The number of hydrogen-bond acceptors (Lipinski definition) is 4. The van der Waals surface area contributed by atoms with E-state index in [1.807, 2.05) is 0 Å². The van der Waals surface area contributed by atoms with E-state index in [1.165, 1.54) is 12.3 Å². The highest BCUT2D eigenvalue weighted by Crippen LogP contribution is 2.15. The fourth-order valence-electron chi connectivity index (χ4n) is 1.47. The maximum absolute atomic E-state index is 13.5. The van der Waals surface area contributed by atoms with Gasteiger partial charge in [-0.25, -0.2) is 19.6 Å². The first kappa shape index (κ1) is 14.9. The number of thiocarbonyl (C=S) groups is 1. The molecule has 0 bridgehead atoms. The fourth-order valence-corrected chi connectivity index (χ4v) is 1.66. The van der Waals surface area contributed by atoms with Gasteiger partial charge >= 0.3 is 0 Å².